The summed E-state index contributed by atoms with van der Waals surface area (Å²) in [5.41, 5.74) is 0. The van der Waals surface area contributed by atoms with Gasteiger partial charge in [0.05, 0.1) is 6.20 Å². The van der Waals surface area contributed by atoms with E-state index < -0.39 is 5.82 Å². The minimum Gasteiger partial charge on any atom is -0.486 e. The summed E-state index contributed by atoms with van der Waals surface area (Å²) in [5.74, 6) is -0.145. The molecule has 3 nitrogen and oxygen atoms in total. The summed E-state index contributed by atoms with van der Waals surface area (Å²) in [6.07, 6.45) is 3.18. The molecule has 0 saturated heterocycles. The average Bonchev–Trinajstić information content (AvgIpc) is 2.06. The number of aromatic nitrogens is 1. The number of ketones is 1. The van der Waals surface area contributed by atoms with Gasteiger partial charge in [-0.15, -0.1) is 0 Å². The Morgan fingerprint density at radius 3 is 2.92 bits per heavy atom. The van der Waals surface area contributed by atoms with E-state index in [0.717, 1.165) is 6.20 Å². The van der Waals surface area contributed by atoms with E-state index in [1.54, 1.807) is 0 Å². The van der Waals surface area contributed by atoms with Crippen LogP contribution in [0.5, 0.6) is 5.75 Å². The van der Waals surface area contributed by atoms with Crippen LogP contribution in [-0.2, 0) is 4.79 Å². The van der Waals surface area contributed by atoms with Crippen LogP contribution in [0.1, 0.15) is 12.8 Å². The van der Waals surface area contributed by atoms with E-state index in [9.17, 15) is 9.18 Å². The number of rotatable bonds is 2. The molecule has 1 aromatic heterocycles. The Bertz CT molecular complexity index is 332. The maximum atomic E-state index is 12.9. The van der Waals surface area contributed by atoms with Gasteiger partial charge >= 0.3 is 0 Å². The minimum atomic E-state index is -0.484. The molecule has 2 rings (SSSR count). The Hall–Kier alpha value is -1.45. The zero-order valence-electron chi connectivity index (χ0n) is 6.87. The number of halogens is 1. The highest BCUT2D eigenvalue weighted by Crippen LogP contribution is 2.23. The van der Waals surface area contributed by atoms with Gasteiger partial charge < -0.3 is 4.74 Å². The Morgan fingerprint density at radius 1 is 1.54 bits per heavy atom. The van der Waals surface area contributed by atoms with E-state index in [1.807, 2.05) is 0 Å². The summed E-state index contributed by atoms with van der Waals surface area (Å²) in [7, 11) is 0. The fourth-order valence-electron chi connectivity index (χ4n) is 1.17. The first-order valence-electron chi connectivity index (χ1n) is 4.03. The van der Waals surface area contributed by atoms with Crippen LogP contribution >= 0.6 is 0 Å². The number of ether oxygens (including phenoxy) is 1. The molecular formula is C9H8FNO2. The van der Waals surface area contributed by atoms with Gasteiger partial charge in [0.1, 0.15) is 11.9 Å². The van der Waals surface area contributed by atoms with Gasteiger partial charge in [0, 0.05) is 25.1 Å². The van der Waals surface area contributed by atoms with Gasteiger partial charge in [-0.1, -0.05) is 0 Å². The van der Waals surface area contributed by atoms with Crippen molar-refractivity contribution in [1.82, 2.24) is 4.98 Å². The Morgan fingerprint density at radius 2 is 2.31 bits per heavy atom. The summed E-state index contributed by atoms with van der Waals surface area (Å²) >= 11 is 0. The van der Waals surface area contributed by atoms with Crippen LogP contribution in [0.4, 0.5) is 4.39 Å². The largest absolute Gasteiger partial charge is 0.486 e. The zero-order chi connectivity index (χ0) is 9.26. The first-order valence-corrected chi connectivity index (χ1v) is 4.03. The number of Topliss-reactive ketones (excluding diaryl/α,β-unsaturated/α-hetero) is 1. The van der Waals surface area contributed by atoms with Crippen molar-refractivity contribution in [3.05, 3.63) is 24.3 Å². The normalized spacial score (nSPS) is 16.8. The number of carbonyl (C=O) groups excluding carboxylic acids is 1. The zero-order valence-corrected chi connectivity index (χ0v) is 6.87. The summed E-state index contributed by atoms with van der Waals surface area (Å²) < 4.78 is 18.2. The van der Waals surface area contributed by atoms with Crippen molar-refractivity contribution in [1.29, 1.82) is 0 Å². The van der Waals surface area contributed by atoms with Gasteiger partial charge in [0.15, 0.2) is 11.6 Å². The second-order valence-electron chi connectivity index (χ2n) is 2.99. The van der Waals surface area contributed by atoms with Crippen LogP contribution in [-0.4, -0.2) is 16.9 Å². The first kappa shape index (κ1) is 8.16. The molecule has 68 valence electrons. The summed E-state index contributed by atoms with van der Waals surface area (Å²) in [4.78, 5) is 14.2. The highest BCUT2D eigenvalue weighted by molar-refractivity contribution is 5.85. The van der Waals surface area contributed by atoms with Crippen LogP contribution in [0.15, 0.2) is 18.5 Å². The monoisotopic (exact) mass is 181 g/mol. The van der Waals surface area contributed by atoms with Gasteiger partial charge in [-0.25, -0.2) is 4.39 Å². The van der Waals surface area contributed by atoms with Gasteiger partial charge in [-0.2, -0.15) is 0 Å². The molecule has 1 fully saturated rings. The van der Waals surface area contributed by atoms with Crippen molar-refractivity contribution in [3.63, 3.8) is 0 Å². The standard InChI is InChI=1S/C9H8FNO2/c10-8-5-11-2-1-9(8)13-7-3-6(12)4-7/h1-2,5,7H,3-4H2. The Labute approximate surface area is 74.5 Å². The maximum absolute atomic E-state index is 12.9. The van der Waals surface area contributed by atoms with Crippen molar-refractivity contribution < 1.29 is 13.9 Å². The molecule has 13 heavy (non-hydrogen) atoms. The Kier molecular flexibility index (Phi) is 1.96. The lowest BCUT2D eigenvalue weighted by molar-refractivity contribution is -0.129. The molecule has 0 N–H and O–H groups in total. The summed E-state index contributed by atoms with van der Waals surface area (Å²) in [6, 6.07) is 1.46. The summed E-state index contributed by atoms with van der Waals surface area (Å²) in [5, 5.41) is 0. The van der Waals surface area contributed by atoms with Crippen molar-refractivity contribution in [3.8, 4) is 5.75 Å². The number of pyridine rings is 1. The Balaban J connectivity index is 2.02. The lowest BCUT2D eigenvalue weighted by Gasteiger charge is -2.25. The van der Waals surface area contributed by atoms with Gasteiger partial charge in [-0.05, 0) is 0 Å². The minimum absolute atomic E-state index is 0.149. The molecule has 0 spiro atoms. The molecule has 1 saturated carbocycles. The van der Waals surface area contributed by atoms with Gasteiger partial charge in [0.2, 0.25) is 0 Å². The smallest absolute Gasteiger partial charge is 0.183 e. The fraction of sp³-hybridized carbons (Fsp3) is 0.333. The van der Waals surface area contributed by atoms with Crippen LogP contribution in [0.25, 0.3) is 0 Å². The van der Waals surface area contributed by atoms with Crippen LogP contribution in [0.3, 0.4) is 0 Å². The molecule has 0 unspecified atom stereocenters. The third-order valence-corrected chi connectivity index (χ3v) is 1.94. The van der Waals surface area contributed by atoms with Crippen LogP contribution < -0.4 is 4.74 Å². The molecular weight excluding hydrogens is 173 g/mol. The molecule has 1 heterocycles. The molecule has 0 radical (unpaired) electrons. The highest BCUT2D eigenvalue weighted by atomic mass is 19.1. The predicted octanol–water partition coefficient (Wildman–Crippen LogP) is 1.33. The second kappa shape index (κ2) is 3.12. The topological polar surface area (TPSA) is 39.2 Å². The van der Waals surface area contributed by atoms with Crippen molar-refractivity contribution in [2.45, 2.75) is 18.9 Å². The molecule has 0 bridgehead atoms. The number of nitrogens with zero attached hydrogens (tertiary/aromatic N) is 1. The van der Waals surface area contributed by atoms with E-state index >= 15 is 0 Å². The molecule has 1 aliphatic rings. The average molecular weight is 181 g/mol. The van der Waals surface area contributed by atoms with Crippen molar-refractivity contribution >= 4 is 5.78 Å². The van der Waals surface area contributed by atoms with E-state index in [2.05, 4.69) is 4.98 Å². The molecule has 4 heteroatoms. The molecule has 0 amide bonds. The molecule has 0 aromatic carbocycles. The molecule has 0 aliphatic heterocycles. The van der Waals surface area contributed by atoms with E-state index in [1.165, 1.54) is 12.3 Å². The lowest BCUT2D eigenvalue weighted by Crippen LogP contribution is -2.33. The number of carbonyl (C=O) groups is 1. The third kappa shape index (κ3) is 1.66. The van der Waals surface area contributed by atoms with Crippen LogP contribution in [0.2, 0.25) is 0 Å². The van der Waals surface area contributed by atoms with Gasteiger partial charge in [0.25, 0.3) is 0 Å². The van der Waals surface area contributed by atoms with E-state index in [4.69, 9.17) is 4.74 Å². The summed E-state index contributed by atoms with van der Waals surface area (Å²) in [6.45, 7) is 0. The van der Waals surface area contributed by atoms with E-state index in [0.29, 0.717) is 12.8 Å². The predicted molar refractivity (Wildman–Crippen MR) is 42.9 cm³/mol. The lowest BCUT2D eigenvalue weighted by atomic mass is 9.94. The van der Waals surface area contributed by atoms with Gasteiger partial charge in [-0.3, -0.25) is 9.78 Å². The molecule has 1 aliphatic carbocycles. The molecule has 1 aromatic rings. The second-order valence-corrected chi connectivity index (χ2v) is 2.99. The maximum Gasteiger partial charge on any atom is 0.183 e. The SMILES string of the molecule is O=C1CC(Oc2ccncc2F)C1. The molecule has 0 atom stereocenters. The first-order chi connectivity index (χ1) is 6.25. The number of hydrogen-bond donors (Lipinski definition) is 0. The highest BCUT2D eigenvalue weighted by Gasteiger charge is 2.28. The quantitative estimate of drug-likeness (QED) is 0.690. The van der Waals surface area contributed by atoms with Crippen molar-refractivity contribution in [2.75, 3.05) is 0 Å². The fourth-order valence-corrected chi connectivity index (χ4v) is 1.17. The van der Waals surface area contributed by atoms with Crippen LogP contribution in [0, 0.1) is 5.82 Å². The van der Waals surface area contributed by atoms with E-state index in [-0.39, 0.29) is 17.6 Å². The van der Waals surface area contributed by atoms with Crippen molar-refractivity contribution in [2.24, 2.45) is 0 Å². The third-order valence-electron chi connectivity index (χ3n) is 1.94. The number of hydrogen-bond acceptors (Lipinski definition) is 3.